The van der Waals surface area contributed by atoms with Crippen molar-refractivity contribution >= 4 is 34.7 Å². The molecule has 1 N–H and O–H groups in total. The summed E-state index contributed by atoms with van der Waals surface area (Å²) in [4.78, 5) is 17.4. The number of nitrogens with zero attached hydrogens (tertiary/aromatic N) is 2. The fourth-order valence-corrected chi connectivity index (χ4v) is 2.65. The second-order valence-electron chi connectivity index (χ2n) is 5.17. The molecule has 6 heteroatoms. The molecular formula is C14H15ClN2O3. The van der Waals surface area contributed by atoms with Gasteiger partial charge in [0.2, 0.25) is 0 Å². The van der Waals surface area contributed by atoms with Crippen molar-refractivity contribution < 1.29 is 14.3 Å². The van der Waals surface area contributed by atoms with E-state index in [1.54, 1.807) is 6.07 Å². The molecule has 0 radical (unpaired) electrons. The highest BCUT2D eigenvalue weighted by Gasteiger charge is 2.26. The standard InChI is InChI=1S/C14H15ClN2O3/c1-8-6-12-11(7-10(8)15)16-14(20-12)17-4-2-9(3-5-17)13(18)19/h6-7,9H,2-5H2,1H3,(H,18,19). The van der Waals surface area contributed by atoms with Gasteiger partial charge in [0.05, 0.1) is 5.92 Å². The molecule has 1 aliphatic rings. The van der Waals surface area contributed by atoms with Gasteiger partial charge in [0, 0.05) is 18.1 Å². The largest absolute Gasteiger partial charge is 0.481 e. The Morgan fingerprint density at radius 3 is 2.80 bits per heavy atom. The second kappa shape index (κ2) is 4.98. The normalized spacial score (nSPS) is 16.8. The Hall–Kier alpha value is -1.75. The lowest BCUT2D eigenvalue weighted by Gasteiger charge is -2.28. The number of carboxylic acids is 1. The van der Waals surface area contributed by atoms with Crippen LogP contribution in [-0.2, 0) is 4.79 Å². The van der Waals surface area contributed by atoms with Crippen LogP contribution in [0.4, 0.5) is 6.01 Å². The van der Waals surface area contributed by atoms with Gasteiger partial charge in [-0.25, -0.2) is 0 Å². The van der Waals surface area contributed by atoms with E-state index >= 15 is 0 Å². The summed E-state index contributed by atoms with van der Waals surface area (Å²) >= 11 is 6.08. The number of fused-ring (bicyclic) bond motifs is 1. The Morgan fingerprint density at radius 2 is 2.15 bits per heavy atom. The monoisotopic (exact) mass is 294 g/mol. The van der Waals surface area contributed by atoms with Gasteiger partial charge >= 0.3 is 5.97 Å². The molecule has 0 aliphatic carbocycles. The van der Waals surface area contributed by atoms with E-state index in [0.717, 1.165) is 11.1 Å². The molecule has 1 saturated heterocycles. The highest BCUT2D eigenvalue weighted by molar-refractivity contribution is 6.32. The average Bonchev–Trinajstić information content (AvgIpc) is 2.82. The van der Waals surface area contributed by atoms with Crippen molar-refractivity contribution in [1.82, 2.24) is 4.98 Å². The zero-order chi connectivity index (χ0) is 14.3. The van der Waals surface area contributed by atoms with Crippen molar-refractivity contribution in [2.24, 2.45) is 5.92 Å². The van der Waals surface area contributed by atoms with E-state index in [4.69, 9.17) is 21.1 Å². The van der Waals surface area contributed by atoms with Gasteiger partial charge in [-0.3, -0.25) is 4.79 Å². The zero-order valence-electron chi connectivity index (χ0n) is 11.1. The summed E-state index contributed by atoms with van der Waals surface area (Å²) in [7, 11) is 0. The van der Waals surface area contributed by atoms with Gasteiger partial charge in [-0.05, 0) is 37.5 Å². The van der Waals surface area contributed by atoms with Crippen LogP contribution in [0.5, 0.6) is 0 Å². The van der Waals surface area contributed by atoms with Gasteiger partial charge in [0.25, 0.3) is 6.01 Å². The number of hydrogen-bond acceptors (Lipinski definition) is 4. The number of halogens is 1. The maximum atomic E-state index is 10.9. The minimum atomic E-state index is -0.718. The first-order chi connectivity index (χ1) is 9.54. The number of rotatable bonds is 2. The Bertz CT molecular complexity index is 621. The van der Waals surface area contributed by atoms with Crippen LogP contribution in [0.1, 0.15) is 18.4 Å². The number of aliphatic carboxylic acids is 1. The van der Waals surface area contributed by atoms with Crippen LogP contribution < -0.4 is 4.90 Å². The summed E-state index contributed by atoms with van der Waals surface area (Å²) < 4.78 is 5.75. The number of carbonyl (C=O) groups is 1. The topological polar surface area (TPSA) is 66.6 Å². The van der Waals surface area contributed by atoms with E-state index in [1.165, 1.54) is 0 Å². The third-order valence-corrected chi connectivity index (χ3v) is 4.18. The predicted octanol–water partition coefficient (Wildman–Crippen LogP) is 3.09. The van der Waals surface area contributed by atoms with E-state index < -0.39 is 5.97 Å². The fourth-order valence-electron chi connectivity index (χ4n) is 2.49. The molecule has 106 valence electrons. The fraction of sp³-hybridized carbons (Fsp3) is 0.429. The number of carboxylic acid groups (broad SMARTS) is 1. The first kappa shape index (κ1) is 13.2. The lowest BCUT2D eigenvalue weighted by molar-refractivity contribution is -0.142. The Kier molecular flexibility index (Phi) is 3.30. The highest BCUT2D eigenvalue weighted by Crippen LogP contribution is 2.29. The molecule has 0 saturated carbocycles. The van der Waals surface area contributed by atoms with Gasteiger partial charge in [0.1, 0.15) is 5.52 Å². The zero-order valence-corrected chi connectivity index (χ0v) is 11.9. The van der Waals surface area contributed by atoms with Crippen LogP contribution in [0, 0.1) is 12.8 Å². The number of oxazole rings is 1. The van der Waals surface area contributed by atoms with Crippen LogP contribution in [0.15, 0.2) is 16.5 Å². The Labute approximate surface area is 121 Å². The van der Waals surface area contributed by atoms with Crippen LogP contribution in [-0.4, -0.2) is 29.1 Å². The Morgan fingerprint density at radius 1 is 1.45 bits per heavy atom. The molecule has 5 nitrogen and oxygen atoms in total. The number of aromatic nitrogens is 1. The molecule has 1 aromatic carbocycles. The second-order valence-corrected chi connectivity index (χ2v) is 5.57. The van der Waals surface area contributed by atoms with Crippen LogP contribution in [0.25, 0.3) is 11.1 Å². The number of aryl methyl sites for hydroxylation is 1. The summed E-state index contributed by atoms with van der Waals surface area (Å²) in [5, 5.41) is 9.67. The third-order valence-electron chi connectivity index (χ3n) is 3.77. The van der Waals surface area contributed by atoms with Gasteiger partial charge in [-0.15, -0.1) is 0 Å². The molecule has 0 bridgehead atoms. The number of hydrogen-bond donors (Lipinski definition) is 1. The molecule has 2 aromatic rings. The SMILES string of the molecule is Cc1cc2oc(N3CCC(C(=O)O)CC3)nc2cc1Cl. The van der Waals surface area contributed by atoms with Crippen molar-refractivity contribution in [2.75, 3.05) is 18.0 Å². The maximum absolute atomic E-state index is 10.9. The number of piperidine rings is 1. The molecule has 3 rings (SSSR count). The van der Waals surface area contributed by atoms with Crippen LogP contribution in [0.2, 0.25) is 5.02 Å². The average molecular weight is 295 g/mol. The molecule has 0 unspecified atom stereocenters. The predicted molar refractivity (Wildman–Crippen MR) is 76.3 cm³/mol. The first-order valence-electron chi connectivity index (χ1n) is 6.59. The molecule has 1 aromatic heterocycles. The highest BCUT2D eigenvalue weighted by atomic mass is 35.5. The van der Waals surface area contributed by atoms with Gasteiger partial charge < -0.3 is 14.4 Å². The van der Waals surface area contributed by atoms with Crippen molar-refractivity contribution in [3.63, 3.8) is 0 Å². The smallest absolute Gasteiger partial charge is 0.306 e. The summed E-state index contributed by atoms with van der Waals surface area (Å²) in [5.74, 6) is -0.975. The van der Waals surface area contributed by atoms with Crippen molar-refractivity contribution in [2.45, 2.75) is 19.8 Å². The number of benzene rings is 1. The summed E-state index contributed by atoms with van der Waals surface area (Å²) in [6.45, 7) is 3.22. The summed E-state index contributed by atoms with van der Waals surface area (Å²) in [5.41, 5.74) is 2.39. The lowest BCUT2D eigenvalue weighted by Crippen LogP contribution is -2.36. The van der Waals surface area contributed by atoms with Crippen molar-refractivity contribution in [3.8, 4) is 0 Å². The minimum Gasteiger partial charge on any atom is -0.481 e. The first-order valence-corrected chi connectivity index (χ1v) is 6.97. The molecule has 1 aliphatic heterocycles. The van der Waals surface area contributed by atoms with Crippen LogP contribution in [0.3, 0.4) is 0 Å². The van der Waals surface area contributed by atoms with E-state index in [1.807, 2.05) is 17.9 Å². The summed E-state index contributed by atoms with van der Waals surface area (Å²) in [6, 6.07) is 4.21. The van der Waals surface area contributed by atoms with E-state index in [2.05, 4.69) is 4.98 Å². The van der Waals surface area contributed by atoms with E-state index in [9.17, 15) is 4.79 Å². The van der Waals surface area contributed by atoms with Gasteiger partial charge in [0.15, 0.2) is 5.58 Å². The molecule has 1 fully saturated rings. The number of anilines is 1. The van der Waals surface area contributed by atoms with Crippen LogP contribution >= 0.6 is 11.6 Å². The van der Waals surface area contributed by atoms with E-state index in [-0.39, 0.29) is 5.92 Å². The van der Waals surface area contributed by atoms with Crippen molar-refractivity contribution in [1.29, 1.82) is 0 Å². The molecular weight excluding hydrogens is 280 g/mol. The van der Waals surface area contributed by atoms with Gasteiger partial charge in [-0.2, -0.15) is 4.98 Å². The molecule has 0 atom stereocenters. The summed E-state index contributed by atoms with van der Waals surface area (Å²) in [6.07, 6.45) is 1.24. The lowest BCUT2D eigenvalue weighted by atomic mass is 9.97. The van der Waals surface area contributed by atoms with Gasteiger partial charge in [-0.1, -0.05) is 11.6 Å². The quantitative estimate of drug-likeness (QED) is 0.922. The van der Waals surface area contributed by atoms with E-state index in [0.29, 0.717) is 42.6 Å². The molecule has 20 heavy (non-hydrogen) atoms. The third kappa shape index (κ3) is 2.33. The minimum absolute atomic E-state index is 0.257. The molecule has 0 amide bonds. The molecule has 0 spiro atoms. The van der Waals surface area contributed by atoms with Crippen molar-refractivity contribution in [3.05, 3.63) is 22.7 Å². The maximum Gasteiger partial charge on any atom is 0.306 e. The Balaban J connectivity index is 1.83. The molecule has 2 heterocycles.